The van der Waals surface area contributed by atoms with Gasteiger partial charge in [0.2, 0.25) is 5.91 Å². The van der Waals surface area contributed by atoms with Gasteiger partial charge < -0.3 is 15.5 Å². The largest absolute Gasteiger partial charge is 0.350 e. The molecule has 2 heterocycles. The predicted molar refractivity (Wildman–Crippen MR) is 155 cm³/mol. The van der Waals surface area contributed by atoms with Gasteiger partial charge in [-0.3, -0.25) is 14.5 Å². The van der Waals surface area contributed by atoms with Gasteiger partial charge in [0.25, 0.3) is 11.8 Å². The van der Waals surface area contributed by atoms with E-state index in [4.69, 9.17) is 23.2 Å². The van der Waals surface area contributed by atoms with Crippen molar-refractivity contribution < 1.29 is 18.4 Å². The van der Waals surface area contributed by atoms with Crippen molar-refractivity contribution >= 4 is 35.0 Å². The first kappa shape index (κ1) is 30.7. The number of piperidine rings is 1. The van der Waals surface area contributed by atoms with E-state index in [0.717, 1.165) is 6.42 Å². The van der Waals surface area contributed by atoms with Crippen LogP contribution in [0.1, 0.15) is 60.9 Å². The van der Waals surface area contributed by atoms with Crippen LogP contribution in [0.15, 0.2) is 48.5 Å². The summed E-state index contributed by atoms with van der Waals surface area (Å²) in [4.78, 5) is 30.2. The highest BCUT2D eigenvalue weighted by molar-refractivity contribution is 6.42. The van der Waals surface area contributed by atoms with Crippen LogP contribution in [0.2, 0.25) is 10.0 Å². The zero-order chi connectivity index (χ0) is 28.7. The molecule has 218 valence electrons. The summed E-state index contributed by atoms with van der Waals surface area (Å²) in [5, 5.41) is 7.07. The number of amides is 2. The van der Waals surface area contributed by atoms with E-state index in [0.29, 0.717) is 67.6 Å². The SMILES string of the molecule is CC[C@H](CN1CC[C@@H](CNC(=O)c2ccc(Cl)c(Cl)c2)N[C@@H](CCN2CCCC(F)(F)C2)C1=O)c1ccccc1. The fraction of sp³-hybridized carbons (Fsp3) is 0.533. The number of likely N-dealkylation sites (tertiary alicyclic amines) is 1. The fourth-order valence-electron chi connectivity index (χ4n) is 5.60. The predicted octanol–water partition coefficient (Wildman–Crippen LogP) is 5.60. The molecule has 0 aromatic heterocycles. The third-order valence-corrected chi connectivity index (χ3v) is 8.63. The van der Waals surface area contributed by atoms with Crippen molar-refractivity contribution in [3.8, 4) is 0 Å². The highest BCUT2D eigenvalue weighted by Gasteiger charge is 2.37. The lowest BCUT2D eigenvalue weighted by atomic mass is 9.95. The molecule has 0 bridgehead atoms. The molecule has 2 aromatic rings. The van der Waals surface area contributed by atoms with Gasteiger partial charge in [-0.15, -0.1) is 0 Å². The average Bonchev–Trinajstić information content (AvgIpc) is 3.08. The highest BCUT2D eigenvalue weighted by Crippen LogP contribution is 2.27. The zero-order valence-corrected chi connectivity index (χ0v) is 24.4. The number of hydrogen-bond acceptors (Lipinski definition) is 4. The number of hydrogen-bond donors (Lipinski definition) is 2. The Kier molecular flexibility index (Phi) is 10.8. The lowest BCUT2D eigenvalue weighted by molar-refractivity contribution is -0.133. The summed E-state index contributed by atoms with van der Waals surface area (Å²) in [5.41, 5.74) is 1.59. The summed E-state index contributed by atoms with van der Waals surface area (Å²) in [6.07, 6.45) is 2.32. The standard InChI is InChI=1S/C30H38Cl2F2N4O2/c1-2-21(22-7-4-3-5-8-22)19-38-16-11-24(18-35-28(39)23-9-10-25(31)26(32)17-23)36-27(29(38)40)12-15-37-14-6-13-30(33,34)20-37/h3-5,7-10,17,21,24,27,36H,2,6,11-16,18-20H2,1H3,(H,35,39)/t21-,24+,27+/m1/s1. The van der Waals surface area contributed by atoms with Crippen molar-refractivity contribution in [3.05, 3.63) is 69.7 Å². The quantitative estimate of drug-likeness (QED) is 0.376. The molecule has 2 aliphatic rings. The Bertz CT molecular complexity index is 1150. The molecule has 0 radical (unpaired) electrons. The van der Waals surface area contributed by atoms with Crippen LogP contribution in [0.3, 0.4) is 0 Å². The second-order valence-electron chi connectivity index (χ2n) is 10.9. The van der Waals surface area contributed by atoms with Crippen molar-refractivity contribution in [2.24, 2.45) is 0 Å². The molecule has 4 rings (SSSR count). The van der Waals surface area contributed by atoms with Gasteiger partial charge in [-0.25, -0.2) is 8.78 Å². The van der Waals surface area contributed by atoms with Gasteiger partial charge >= 0.3 is 0 Å². The minimum Gasteiger partial charge on any atom is -0.350 e. The van der Waals surface area contributed by atoms with Gasteiger partial charge in [-0.05, 0) is 56.0 Å². The van der Waals surface area contributed by atoms with Gasteiger partial charge in [0, 0.05) is 50.1 Å². The van der Waals surface area contributed by atoms with Crippen molar-refractivity contribution in [1.29, 1.82) is 0 Å². The van der Waals surface area contributed by atoms with Crippen molar-refractivity contribution in [1.82, 2.24) is 20.4 Å². The summed E-state index contributed by atoms with van der Waals surface area (Å²) < 4.78 is 28.0. The third kappa shape index (κ3) is 8.38. The number of halogens is 4. The highest BCUT2D eigenvalue weighted by atomic mass is 35.5. The van der Waals surface area contributed by atoms with Crippen LogP contribution in [0.5, 0.6) is 0 Å². The molecular formula is C30H38Cl2F2N4O2. The summed E-state index contributed by atoms with van der Waals surface area (Å²) in [7, 11) is 0. The zero-order valence-electron chi connectivity index (χ0n) is 22.9. The Morgan fingerprint density at radius 2 is 1.93 bits per heavy atom. The second kappa shape index (κ2) is 14.1. The molecule has 0 saturated carbocycles. The Balaban J connectivity index is 1.44. The molecule has 0 aliphatic carbocycles. The maximum absolute atomic E-state index is 14.0. The lowest BCUT2D eigenvalue weighted by Gasteiger charge is -2.34. The maximum atomic E-state index is 14.0. The van der Waals surface area contributed by atoms with Crippen LogP contribution < -0.4 is 10.6 Å². The van der Waals surface area contributed by atoms with Crippen LogP contribution in [-0.2, 0) is 4.79 Å². The van der Waals surface area contributed by atoms with E-state index in [2.05, 4.69) is 29.7 Å². The fourth-order valence-corrected chi connectivity index (χ4v) is 5.89. The molecule has 0 spiro atoms. The third-order valence-electron chi connectivity index (χ3n) is 7.90. The van der Waals surface area contributed by atoms with E-state index in [1.165, 1.54) is 11.6 Å². The number of carbonyl (C=O) groups is 2. The van der Waals surface area contributed by atoms with E-state index in [1.807, 2.05) is 23.1 Å². The summed E-state index contributed by atoms with van der Waals surface area (Å²) >= 11 is 12.1. The molecule has 6 nitrogen and oxygen atoms in total. The van der Waals surface area contributed by atoms with E-state index in [9.17, 15) is 18.4 Å². The average molecular weight is 596 g/mol. The number of nitrogens with zero attached hydrogens (tertiary/aromatic N) is 2. The molecule has 2 aliphatic heterocycles. The van der Waals surface area contributed by atoms with Crippen LogP contribution in [0.4, 0.5) is 8.78 Å². The smallest absolute Gasteiger partial charge is 0.260 e. The van der Waals surface area contributed by atoms with E-state index >= 15 is 0 Å². The van der Waals surface area contributed by atoms with E-state index in [1.54, 1.807) is 17.0 Å². The van der Waals surface area contributed by atoms with Gasteiger partial charge in [0.15, 0.2) is 0 Å². The Morgan fingerprint density at radius 3 is 2.62 bits per heavy atom. The number of rotatable bonds is 10. The van der Waals surface area contributed by atoms with E-state index < -0.39 is 12.0 Å². The number of nitrogens with one attached hydrogen (secondary N) is 2. The first-order valence-electron chi connectivity index (χ1n) is 14.1. The molecule has 40 heavy (non-hydrogen) atoms. The Labute approximate surface area is 245 Å². The summed E-state index contributed by atoms with van der Waals surface area (Å²) in [5.74, 6) is -2.80. The van der Waals surface area contributed by atoms with Crippen LogP contribution in [0.25, 0.3) is 0 Å². The normalized spacial score (nSPS) is 22.5. The molecule has 2 N–H and O–H groups in total. The number of alkyl halides is 2. The van der Waals surface area contributed by atoms with Gasteiger partial charge in [0.05, 0.1) is 22.6 Å². The molecule has 2 fully saturated rings. The topological polar surface area (TPSA) is 64.7 Å². The van der Waals surface area contributed by atoms with E-state index in [-0.39, 0.29) is 36.7 Å². The van der Waals surface area contributed by atoms with Crippen molar-refractivity contribution in [2.75, 3.05) is 39.3 Å². The molecule has 3 atom stereocenters. The van der Waals surface area contributed by atoms with Crippen molar-refractivity contribution in [3.63, 3.8) is 0 Å². The van der Waals surface area contributed by atoms with Crippen LogP contribution in [-0.4, -0.2) is 78.9 Å². The van der Waals surface area contributed by atoms with Crippen LogP contribution >= 0.6 is 23.2 Å². The van der Waals surface area contributed by atoms with Gasteiger partial charge in [-0.1, -0.05) is 60.5 Å². The molecular weight excluding hydrogens is 557 g/mol. The molecule has 10 heteroatoms. The van der Waals surface area contributed by atoms with Crippen LogP contribution in [0, 0.1) is 0 Å². The minimum atomic E-state index is -2.69. The molecule has 0 unspecified atom stereocenters. The molecule has 2 saturated heterocycles. The van der Waals surface area contributed by atoms with Crippen molar-refractivity contribution in [2.45, 2.75) is 63.0 Å². The first-order chi connectivity index (χ1) is 19.1. The first-order valence-corrected chi connectivity index (χ1v) is 14.8. The second-order valence-corrected chi connectivity index (χ2v) is 11.7. The summed E-state index contributed by atoms with van der Waals surface area (Å²) in [6, 6.07) is 14.2. The Hall–Kier alpha value is -2.26. The number of carbonyl (C=O) groups excluding carboxylic acids is 2. The lowest BCUT2D eigenvalue weighted by Crippen LogP contribution is -2.51. The van der Waals surface area contributed by atoms with Gasteiger partial charge in [-0.2, -0.15) is 0 Å². The minimum absolute atomic E-state index is 0.0172. The molecule has 2 amide bonds. The van der Waals surface area contributed by atoms with Gasteiger partial charge in [0.1, 0.15) is 0 Å². The molecule has 2 aromatic carbocycles. The Morgan fingerprint density at radius 1 is 1.15 bits per heavy atom. The maximum Gasteiger partial charge on any atom is 0.260 e. The summed E-state index contributed by atoms with van der Waals surface area (Å²) in [6.45, 7) is 4.30. The monoisotopic (exact) mass is 594 g/mol. The number of benzene rings is 2.